The third-order valence-corrected chi connectivity index (χ3v) is 6.18. The van der Waals surface area contributed by atoms with Crippen LogP contribution in [-0.4, -0.2) is 33.9 Å². The number of halogens is 4. The zero-order valence-electron chi connectivity index (χ0n) is 16.9. The molecule has 5 rings (SSSR count). The zero-order chi connectivity index (χ0) is 22.7. The van der Waals surface area contributed by atoms with Gasteiger partial charge in [0.15, 0.2) is 12.0 Å². The van der Waals surface area contributed by atoms with Crippen LogP contribution in [0.3, 0.4) is 0 Å². The number of carbonyl (C=O) groups excluding carboxylic acids is 1. The highest BCUT2D eigenvalue weighted by atomic mass is 19.4. The molecule has 3 heterocycles. The summed E-state index contributed by atoms with van der Waals surface area (Å²) in [6.45, 7) is 0.00684. The van der Waals surface area contributed by atoms with E-state index in [1.54, 1.807) is 31.3 Å². The molecule has 0 radical (unpaired) electrons. The number of aryl methyl sites for hydroxylation is 1. The van der Waals surface area contributed by atoms with Crippen molar-refractivity contribution in [3.05, 3.63) is 76.9 Å². The third-order valence-electron chi connectivity index (χ3n) is 6.18. The molecule has 0 aliphatic carbocycles. The van der Waals surface area contributed by atoms with Crippen molar-refractivity contribution in [1.82, 2.24) is 14.8 Å². The highest BCUT2D eigenvalue weighted by Gasteiger charge is 2.51. The van der Waals surface area contributed by atoms with E-state index in [1.807, 2.05) is 0 Å². The Hall–Kier alpha value is -3.27. The molecule has 0 N–H and O–H groups in total. The van der Waals surface area contributed by atoms with Crippen LogP contribution in [0.4, 0.5) is 23.2 Å². The van der Waals surface area contributed by atoms with Gasteiger partial charge in [-0.15, -0.1) is 10.2 Å². The summed E-state index contributed by atoms with van der Waals surface area (Å²) in [6, 6.07) is 10.3. The number of aromatic nitrogens is 3. The Balaban J connectivity index is 1.51. The van der Waals surface area contributed by atoms with E-state index in [4.69, 9.17) is 4.74 Å². The molecule has 1 saturated heterocycles. The summed E-state index contributed by atoms with van der Waals surface area (Å²) in [5.41, 5.74) is -0.903. The first-order valence-corrected chi connectivity index (χ1v) is 9.89. The number of benzene rings is 2. The van der Waals surface area contributed by atoms with Crippen LogP contribution >= 0.6 is 0 Å². The quantitative estimate of drug-likeness (QED) is 0.569. The number of nitrogens with zero attached hydrogens (tertiary/aromatic N) is 4. The van der Waals surface area contributed by atoms with E-state index in [0.717, 1.165) is 6.07 Å². The van der Waals surface area contributed by atoms with Crippen LogP contribution in [0.25, 0.3) is 0 Å². The van der Waals surface area contributed by atoms with Gasteiger partial charge < -0.3 is 14.2 Å². The monoisotopic (exact) mass is 446 g/mol. The molecule has 2 aromatic carbocycles. The summed E-state index contributed by atoms with van der Waals surface area (Å²) < 4.78 is 62.7. The normalized spacial score (nSPS) is 18.4. The van der Waals surface area contributed by atoms with Gasteiger partial charge in [0, 0.05) is 18.3 Å². The second kappa shape index (κ2) is 7.13. The van der Waals surface area contributed by atoms with Gasteiger partial charge in [0.25, 0.3) is 5.91 Å². The molecule has 0 saturated carbocycles. The van der Waals surface area contributed by atoms with Crippen LogP contribution in [0.15, 0.2) is 48.8 Å². The van der Waals surface area contributed by atoms with Gasteiger partial charge in [-0.1, -0.05) is 18.2 Å². The first-order chi connectivity index (χ1) is 15.2. The SMILES string of the molecule is Cn1cnnc1[C@H](F)C1(c2cccc(N3Cc4c(cccc4C(F)(F)F)C3=O)c2)COC1. The summed E-state index contributed by atoms with van der Waals surface area (Å²) in [6.07, 6.45) is -4.67. The van der Waals surface area contributed by atoms with Crippen LogP contribution < -0.4 is 4.90 Å². The number of hydrogen-bond donors (Lipinski definition) is 0. The molecule has 0 bridgehead atoms. The minimum atomic E-state index is -4.56. The molecule has 166 valence electrons. The number of amides is 1. The van der Waals surface area contributed by atoms with Crippen LogP contribution in [0, 0.1) is 0 Å². The molecule has 2 aliphatic heterocycles. The number of hydrogen-bond acceptors (Lipinski definition) is 4. The molecule has 1 aromatic heterocycles. The van der Waals surface area contributed by atoms with E-state index in [9.17, 15) is 18.0 Å². The predicted octanol–water partition coefficient (Wildman–Crippen LogP) is 3.97. The van der Waals surface area contributed by atoms with Gasteiger partial charge in [-0.3, -0.25) is 4.79 Å². The Morgan fingerprint density at radius 1 is 1.16 bits per heavy atom. The molecular weight excluding hydrogens is 428 g/mol. The number of rotatable bonds is 4. The number of alkyl halides is 4. The van der Waals surface area contributed by atoms with Gasteiger partial charge in [0.1, 0.15) is 6.33 Å². The van der Waals surface area contributed by atoms with Crippen molar-refractivity contribution in [2.45, 2.75) is 24.3 Å². The van der Waals surface area contributed by atoms with Gasteiger partial charge >= 0.3 is 6.18 Å². The summed E-state index contributed by atoms with van der Waals surface area (Å²) in [4.78, 5) is 14.2. The Kier molecular flexibility index (Phi) is 4.59. The fourth-order valence-corrected chi connectivity index (χ4v) is 4.34. The first kappa shape index (κ1) is 20.6. The molecule has 0 spiro atoms. The van der Waals surface area contributed by atoms with Gasteiger partial charge in [-0.25, -0.2) is 4.39 Å². The zero-order valence-corrected chi connectivity index (χ0v) is 16.9. The Bertz CT molecular complexity index is 1200. The summed E-state index contributed by atoms with van der Waals surface area (Å²) in [7, 11) is 1.64. The van der Waals surface area contributed by atoms with Gasteiger partial charge in [0.05, 0.1) is 30.7 Å². The molecule has 1 atom stereocenters. The lowest BCUT2D eigenvalue weighted by Crippen LogP contribution is -2.50. The van der Waals surface area contributed by atoms with Crippen molar-refractivity contribution in [2.24, 2.45) is 7.05 Å². The van der Waals surface area contributed by atoms with Crippen LogP contribution in [0.2, 0.25) is 0 Å². The maximum atomic E-state index is 15.6. The largest absolute Gasteiger partial charge is 0.416 e. The molecule has 1 amide bonds. The fourth-order valence-electron chi connectivity index (χ4n) is 4.34. The minimum Gasteiger partial charge on any atom is -0.379 e. The lowest BCUT2D eigenvalue weighted by molar-refractivity contribution is -0.138. The lowest BCUT2D eigenvalue weighted by Gasteiger charge is -2.43. The van der Waals surface area contributed by atoms with Crippen LogP contribution in [0.1, 0.15) is 39.0 Å². The summed E-state index contributed by atoms with van der Waals surface area (Å²) in [5.74, 6) is -0.370. The third kappa shape index (κ3) is 3.01. The van der Waals surface area contributed by atoms with E-state index >= 15 is 4.39 Å². The highest BCUT2D eigenvalue weighted by Crippen LogP contribution is 2.46. The van der Waals surface area contributed by atoms with E-state index in [1.165, 1.54) is 27.9 Å². The van der Waals surface area contributed by atoms with Crippen molar-refractivity contribution in [2.75, 3.05) is 18.1 Å². The maximum absolute atomic E-state index is 15.6. The molecule has 6 nitrogen and oxygen atoms in total. The molecule has 1 fully saturated rings. The van der Waals surface area contributed by atoms with Crippen LogP contribution in [-0.2, 0) is 29.9 Å². The fraction of sp³-hybridized carbons (Fsp3) is 0.318. The van der Waals surface area contributed by atoms with Crippen molar-refractivity contribution >= 4 is 11.6 Å². The lowest BCUT2D eigenvalue weighted by atomic mass is 9.74. The molecule has 3 aromatic rings. The predicted molar refractivity (Wildman–Crippen MR) is 106 cm³/mol. The van der Waals surface area contributed by atoms with Crippen molar-refractivity contribution < 1.29 is 27.1 Å². The summed E-state index contributed by atoms with van der Waals surface area (Å²) >= 11 is 0. The molecule has 0 unspecified atom stereocenters. The Morgan fingerprint density at radius 2 is 1.91 bits per heavy atom. The van der Waals surface area contributed by atoms with Gasteiger partial charge in [-0.2, -0.15) is 13.2 Å². The van der Waals surface area contributed by atoms with Crippen molar-refractivity contribution in [3.63, 3.8) is 0 Å². The molecule has 2 aliphatic rings. The Morgan fingerprint density at radius 3 is 2.53 bits per heavy atom. The van der Waals surface area contributed by atoms with Gasteiger partial charge in [0.2, 0.25) is 0 Å². The number of anilines is 1. The highest BCUT2D eigenvalue weighted by molar-refractivity contribution is 6.10. The minimum absolute atomic E-state index is 0.0226. The molecule has 32 heavy (non-hydrogen) atoms. The average Bonchev–Trinajstić information content (AvgIpc) is 3.30. The molecular formula is C22H18F4N4O2. The van der Waals surface area contributed by atoms with Crippen LogP contribution in [0.5, 0.6) is 0 Å². The second-order valence-electron chi connectivity index (χ2n) is 8.08. The topological polar surface area (TPSA) is 60.2 Å². The maximum Gasteiger partial charge on any atom is 0.416 e. The van der Waals surface area contributed by atoms with E-state index in [0.29, 0.717) is 11.3 Å². The van der Waals surface area contributed by atoms with Crippen molar-refractivity contribution in [3.8, 4) is 0 Å². The average molecular weight is 446 g/mol. The first-order valence-electron chi connectivity index (χ1n) is 9.89. The molecule has 10 heteroatoms. The van der Waals surface area contributed by atoms with Crippen molar-refractivity contribution in [1.29, 1.82) is 0 Å². The number of fused-ring (bicyclic) bond motifs is 1. The van der Waals surface area contributed by atoms with Gasteiger partial charge in [-0.05, 0) is 35.4 Å². The van der Waals surface area contributed by atoms with E-state index < -0.39 is 29.2 Å². The smallest absolute Gasteiger partial charge is 0.379 e. The Labute approximate surface area is 180 Å². The van der Waals surface area contributed by atoms with E-state index in [-0.39, 0.29) is 36.7 Å². The van der Waals surface area contributed by atoms with E-state index in [2.05, 4.69) is 10.2 Å². The second-order valence-corrected chi connectivity index (χ2v) is 8.08. The summed E-state index contributed by atoms with van der Waals surface area (Å²) in [5, 5.41) is 7.61. The standard InChI is InChI=1S/C22H18F4N4O2/c1-29-12-27-28-19(29)18(23)21(10-32-11-21)13-4-2-5-14(8-13)30-9-16-15(20(30)31)6-3-7-17(16)22(24,25)26/h2-8,12,18H,9-11H2,1H3/t18-/m0/s1. The number of carbonyl (C=O) groups is 1. The number of ether oxygens (including phenoxy) is 1.